The lowest BCUT2D eigenvalue weighted by Gasteiger charge is -2.26. The summed E-state index contributed by atoms with van der Waals surface area (Å²) in [6.45, 7) is 6.41. The Morgan fingerprint density at radius 1 is 0.746 bits per heavy atom. The lowest BCUT2D eigenvalue weighted by atomic mass is 9.99. The fraction of sp³-hybridized carbons (Fsp3) is 0.569. The molecular weight excluding hydrogens is 915 g/mol. The summed E-state index contributed by atoms with van der Waals surface area (Å²) in [6.07, 6.45) is 4.80. The molecule has 0 fully saturated rings. The van der Waals surface area contributed by atoms with Gasteiger partial charge in [-0.15, -0.1) is 0 Å². The fourth-order valence-corrected chi connectivity index (χ4v) is 7.72. The molecule has 2 aromatic carbocycles. The van der Waals surface area contributed by atoms with Crippen LogP contribution < -0.4 is 37.6 Å². The smallest absolute Gasteiger partial charge is 0.246 e. The molecule has 0 saturated carbocycles. The van der Waals surface area contributed by atoms with Crippen molar-refractivity contribution in [3.63, 3.8) is 0 Å². The van der Waals surface area contributed by atoms with Crippen molar-refractivity contribution in [3.05, 3.63) is 76.6 Å². The summed E-state index contributed by atoms with van der Waals surface area (Å²) in [4.78, 5) is 78.2. The lowest BCUT2D eigenvalue weighted by molar-refractivity contribution is -0.132. The Bertz CT molecular complexity index is 2160. The van der Waals surface area contributed by atoms with Crippen LogP contribution in [0.5, 0.6) is 0 Å². The molecule has 1 aliphatic carbocycles. The van der Waals surface area contributed by atoms with Crippen LogP contribution in [0.2, 0.25) is 0 Å². The Kier molecular flexibility index (Phi) is 26.3. The van der Waals surface area contributed by atoms with E-state index < -0.39 is 35.9 Å². The molecule has 0 saturated heterocycles. The van der Waals surface area contributed by atoms with Crippen molar-refractivity contribution in [2.75, 3.05) is 77.5 Å². The van der Waals surface area contributed by atoms with Gasteiger partial charge in [0.1, 0.15) is 30.5 Å². The number of rotatable bonds is 32. The third-order valence-electron chi connectivity index (χ3n) is 11.6. The van der Waals surface area contributed by atoms with E-state index >= 15 is 0 Å². The number of nitrogens with zero attached hydrogens (tertiary/aromatic N) is 2. The number of nitrogens with two attached hydrogens (primary N) is 2. The number of hydrogen-bond donors (Lipinski definition) is 7. The number of amides is 6. The van der Waals surface area contributed by atoms with E-state index in [9.17, 15) is 28.8 Å². The predicted molar refractivity (Wildman–Crippen MR) is 264 cm³/mol. The van der Waals surface area contributed by atoms with Crippen LogP contribution in [0.15, 0.2) is 65.0 Å². The maximum Gasteiger partial charge on any atom is 0.246 e. The van der Waals surface area contributed by atoms with Gasteiger partial charge >= 0.3 is 0 Å². The van der Waals surface area contributed by atoms with Gasteiger partial charge in [0.2, 0.25) is 35.4 Å². The molecule has 388 valence electrons. The third kappa shape index (κ3) is 21.3. The van der Waals surface area contributed by atoms with Crippen molar-refractivity contribution in [2.24, 2.45) is 22.5 Å². The minimum atomic E-state index is -0.954. The van der Waals surface area contributed by atoms with Gasteiger partial charge < -0.3 is 61.3 Å². The van der Waals surface area contributed by atoms with Gasteiger partial charge in [-0.2, -0.15) is 5.11 Å². The molecule has 1 aliphatic heterocycles. The number of ether oxygens (including phenoxy) is 5. The molecule has 6 amide bonds. The summed E-state index contributed by atoms with van der Waals surface area (Å²) < 4.78 is 28.0. The highest BCUT2D eigenvalue weighted by Gasteiger charge is 2.28. The average Bonchev–Trinajstić information content (AvgIpc) is 3.34. The number of nitrogens with one attached hydrogen (secondary N) is 5. The second-order valence-electron chi connectivity index (χ2n) is 17.5. The Balaban J connectivity index is 1.01. The number of benzene rings is 2. The first-order valence-electron chi connectivity index (χ1n) is 24.6. The Labute approximate surface area is 416 Å². The summed E-state index contributed by atoms with van der Waals surface area (Å²) in [5, 5.41) is 14.5. The van der Waals surface area contributed by atoms with E-state index in [0.717, 1.165) is 41.6 Å². The zero-order valence-corrected chi connectivity index (χ0v) is 41.2. The number of para-hydroxylation sites is 1. The molecule has 0 spiro atoms. The molecule has 20 nitrogen and oxygen atoms in total. The van der Waals surface area contributed by atoms with E-state index in [0.29, 0.717) is 83.1 Å². The number of carbonyl (C=O) groups excluding carboxylic acids is 6. The number of fused-ring (bicyclic) bond motifs is 2. The number of unbranched alkanes of at least 4 members (excludes halogenated alkanes) is 1. The molecule has 20 heteroatoms. The fourth-order valence-electron chi connectivity index (χ4n) is 7.72. The summed E-state index contributed by atoms with van der Waals surface area (Å²) in [7, 11) is 0. The van der Waals surface area contributed by atoms with Gasteiger partial charge in [0, 0.05) is 49.2 Å². The van der Waals surface area contributed by atoms with Crippen LogP contribution in [0, 0.1) is 23.3 Å². The molecule has 71 heavy (non-hydrogen) atoms. The highest BCUT2D eigenvalue weighted by atomic mass is 16.6. The minimum Gasteiger partial charge on any atom is -0.400 e. The molecule has 0 radical (unpaired) electrons. The van der Waals surface area contributed by atoms with Gasteiger partial charge in [-0.1, -0.05) is 68.9 Å². The molecular formula is C51H73N9O11. The van der Waals surface area contributed by atoms with Crippen molar-refractivity contribution in [1.82, 2.24) is 21.3 Å². The normalized spacial score (nSPS) is 16.3. The molecule has 1 unspecified atom stereocenters. The van der Waals surface area contributed by atoms with Gasteiger partial charge in [-0.05, 0) is 68.2 Å². The summed E-state index contributed by atoms with van der Waals surface area (Å²) in [6, 6.07) is 13.4. The van der Waals surface area contributed by atoms with Gasteiger partial charge in [0.25, 0.3) is 0 Å². The van der Waals surface area contributed by atoms with Crippen molar-refractivity contribution in [3.8, 4) is 11.8 Å². The van der Waals surface area contributed by atoms with E-state index in [1.807, 2.05) is 48.5 Å². The Hall–Kier alpha value is -6.24. The van der Waals surface area contributed by atoms with Gasteiger partial charge in [0.15, 0.2) is 0 Å². The minimum absolute atomic E-state index is 0.0207. The van der Waals surface area contributed by atoms with E-state index in [-0.39, 0.29) is 82.4 Å². The van der Waals surface area contributed by atoms with Crippen molar-refractivity contribution in [1.29, 1.82) is 5.53 Å². The molecule has 9 N–H and O–H groups in total. The van der Waals surface area contributed by atoms with E-state index in [1.54, 1.807) is 18.7 Å². The molecule has 1 heterocycles. The summed E-state index contributed by atoms with van der Waals surface area (Å²) >= 11 is 0. The molecule has 3 atom stereocenters. The first kappa shape index (κ1) is 57.3. The monoisotopic (exact) mass is 988 g/mol. The van der Waals surface area contributed by atoms with Crippen LogP contribution in [0.1, 0.15) is 101 Å². The number of hydrogen-bond acceptors (Lipinski definition) is 14. The van der Waals surface area contributed by atoms with E-state index in [1.165, 1.54) is 0 Å². The van der Waals surface area contributed by atoms with E-state index in [2.05, 4.69) is 38.2 Å². The molecule has 4 rings (SSSR count). The topological polar surface area (TPSA) is 288 Å². The first-order chi connectivity index (χ1) is 34.4. The quantitative estimate of drug-likeness (QED) is 0.0316. The molecule has 0 aromatic heterocycles. The summed E-state index contributed by atoms with van der Waals surface area (Å²) in [5.41, 5.74) is 23.3. The maximum atomic E-state index is 13.4. The molecule has 2 aromatic rings. The number of anilines is 1. The van der Waals surface area contributed by atoms with E-state index in [4.69, 9.17) is 40.7 Å². The largest absolute Gasteiger partial charge is 0.400 e. The van der Waals surface area contributed by atoms with Gasteiger partial charge in [-0.25, -0.2) is 5.53 Å². The zero-order chi connectivity index (χ0) is 51.2. The van der Waals surface area contributed by atoms with Crippen LogP contribution in [0.3, 0.4) is 0 Å². The average molecular weight is 988 g/mol. The van der Waals surface area contributed by atoms with Crippen LogP contribution >= 0.6 is 0 Å². The highest BCUT2D eigenvalue weighted by molar-refractivity contribution is 5.97. The van der Waals surface area contributed by atoms with Crippen molar-refractivity contribution < 1.29 is 52.5 Å². The predicted octanol–water partition coefficient (Wildman–Crippen LogP) is 3.23. The van der Waals surface area contributed by atoms with Crippen LogP contribution in [0.25, 0.3) is 0 Å². The van der Waals surface area contributed by atoms with Crippen LogP contribution in [-0.4, -0.2) is 126 Å². The SMILES string of the molecule is CC(C)[C@H](NC(=O)[C@@H](CCCCNC(=O)COC1CCCCC/C(N)=C\1N=N)NC(=O)CCOCCOCCOCCOCCNC(=O)CCC(=O)N1Cc2ccccc2C#Cc2ccccc21)C(N)=O. The number of carbonyl (C=O) groups is 6. The summed E-state index contributed by atoms with van der Waals surface area (Å²) in [5.74, 6) is 3.72. The maximum absolute atomic E-state index is 13.4. The molecule has 2 aliphatic rings. The zero-order valence-electron chi connectivity index (χ0n) is 41.2. The van der Waals surface area contributed by atoms with Crippen LogP contribution in [-0.2, 0) is 59.0 Å². The molecule has 0 bridgehead atoms. The highest BCUT2D eigenvalue weighted by Crippen LogP contribution is 2.27. The second-order valence-corrected chi connectivity index (χ2v) is 17.5. The first-order valence-corrected chi connectivity index (χ1v) is 24.6. The van der Waals surface area contributed by atoms with Gasteiger partial charge in [-0.3, -0.25) is 28.8 Å². The van der Waals surface area contributed by atoms with Crippen molar-refractivity contribution >= 4 is 41.1 Å². The van der Waals surface area contributed by atoms with Crippen LogP contribution in [0.4, 0.5) is 5.69 Å². The number of primary amides is 1. The third-order valence-corrected chi connectivity index (χ3v) is 11.6. The van der Waals surface area contributed by atoms with Gasteiger partial charge in [0.05, 0.1) is 65.1 Å². The van der Waals surface area contributed by atoms with Crippen molar-refractivity contribution in [2.45, 2.75) is 109 Å². The number of allylic oxidation sites excluding steroid dienone is 1. The lowest BCUT2D eigenvalue weighted by Crippen LogP contribution is -2.54. The Morgan fingerprint density at radius 2 is 1.39 bits per heavy atom. The Morgan fingerprint density at radius 3 is 2.10 bits per heavy atom. The standard InChI is InChI=1S/C51H73N9O11/c1-36(2)48(50(53)65)58-51(66)41(16-10-11-24-55-46(63)35-71-43-18-5-3-4-15-40(52)49(43)59-54)57-45(62)23-26-67-28-30-69-32-33-70-31-29-68-27-25-56-44(61)21-22-47(64)60-34-39-14-7-6-12-37(39)19-20-38-13-8-9-17-42(38)60/h6-9,12-14,17,36,41,43,48,54H,3-5,10-11,15-16,18,21-35,52H2,1-2H3,(H2,53,65)(H,55,63)(H,56,61)(H,57,62)(H,58,66)/b49-40-,59-54?/t41-,43?,48+/m1/s1. The second kappa shape index (κ2) is 32.6.